The summed E-state index contributed by atoms with van der Waals surface area (Å²) in [6, 6.07) is 10.1. The molecule has 0 fully saturated rings. The Morgan fingerprint density at radius 2 is 1.93 bits per heavy atom. The third-order valence-electron chi connectivity index (χ3n) is 3.54. The molecule has 0 aliphatic rings. The van der Waals surface area contributed by atoms with Gasteiger partial charge in [-0.05, 0) is 24.3 Å². The minimum atomic E-state index is -4.06. The fourth-order valence-electron chi connectivity index (χ4n) is 2.26. The summed E-state index contributed by atoms with van der Waals surface area (Å²) in [6.45, 7) is 0.0938. The number of carbonyl (C=O) groups excluding carboxylic acids is 1. The molecule has 1 amide bonds. The molecule has 27 heavy (non-hydrogen) atoms. The average molecular weight is 394 g/mol. The number of nitro benzene ring substituents is 1. The van der Waals surface area contributed by atoms with E-state index in [4.69, 9.17) is 9.88 Å². The van der Waals surface area contributed by atoms with Crippen LogP contribution < -0.4 is 20.5 Å². The molecule has 0 radical (unpaired) electrons. The molecule has 11 heteroatoms. The Hall–Kier alpha value is -3.18. The monoisotopic (exact) mass is 394 g/mol. The van der Waals surface area contributed by atoms with E-state index >= 15 is 0 Å². The van der Waals surface area contributed by atoms with Crippen LogP contribution in [0.2, 0.25) is 0 Å². The zero-order valence-corrected chi connectivity index (χ0v) is 15.2. The Bertz CT molecular complexity index is 961. The van der Waals surface area contributed by atoms with Gasteiger partial charge in [-0.25, -0.2) is 13.6 Å². The highest BCUT2D eigenvalue weighted by Gasteiger charge is 2.19. The van der Waals surface area contributed by atoms with Crippen LogP contribution in [0.5, 0.6) is 5.75 Å². The van der Waals surface area contributed by atoms with Crippen LogP contribution in [0.25, 0.3) is 0 Å². The molecule has 0 saturated heterocycles. The van der Waals surface area contributed by atoms with E-state index in [1.165, 1.54) is 13.2 Å². The second-order valence-electron chi connectivity index (χ2n) is 5.41. The number of sulfonamides is 1. The van der Waals surface area contributed by atoms with Crippen molar-refractivity contribution < 1.29 is 22.9 Å². The van der Waals surface area contributed by atoms with Gasteiger partial charge in [0.2, 0.25) is 15.9 Å². The predicted octanol–water partition coefficient (Wildman–Crippen LogP) is 1.69. The first-order valence-electron chi connectivity index (χ1n) is 7.70. The zero-order valence-electron chi connectivity index (χ0n) is 14.3. The van der Waals surface area contributed by atoms with Gasteiger partial charge in [-0.2, -0.15) is 0 Å². The molecular formula is C16H18N4O6S. The standard InChI is InChI=1S/C16H18N4O6S/c1-26-15-5-3-2-4-13(15)19-16(21)8-9-18-12-7-6-11(27(17,24)25)10-14(12)20(22)23/h2-7,10,18H,8-9H2,1H3,(H,19,21)(H2,17,24,25). The van der Waals surface area contributed by atoms with Crippen LogP contribution in [0.3, 0.4) is 0 Å². The number of anilines is 2. The van der Waals surface area contributed by atoms with E-state index in [0.717, 1.165) is 12.1 Å². The van der Waals surface area contributed by atoms with Crippen molar-refractivity contribution in [2.45, 2.75) is 11.3 Å². The molecule has 0 spiro atoms. The lowest BCUT2D eigenvalue weighted by Crippen LogP contribution is -2.17. The maximum Gasteiger partial charge on any atom is 0.293 e. The molecule has 0 aromatic heterocycles. The van der Waals surface area contributed by atoms with Crippen molar-refractivity contribution in [2.24, 2.45) is 5.14 Å². The Kier molecular flexibility index (Phi) is 6.32. The number of nitrogens with one attached hydrogen (secondary N) is 2. The highest BCUT2D eigenvalue weighted by molar-refractivity contribution is 7.89. The van der Waals surface area contributed by atoms with E-state index in [9.17, 15) is 23.3 Å². The summed E-state index contributed by atoms with van der Waals surface area (Å²) in [5.74, 6) is 0.184. The van der Waals surface area contributed by atoms with Gasteiger partial charge in [0.15, 0.2) is 0 Å². The van der Waals surface area contributed by atoms with Gasteiger partial charge in [-0.3, -0.25) is 14.9 Å². The summed E-state index contributed by atoms with van der Waals surface area (Å²) in [5, 5.41) is 21.6. The Balaban J connectivity index is 2.02. The molecular weight excluding hydrogens is 376 g/mol. The van der Waals surface area contributed by atoms with Crippen LogP contribution in [-0.2, 0) is 14.8 Å². The first-order chi connectivity index (χ1) is 12.7. The summed E-state index contributed by atoms with van der Waals surface area (Å²) in [5.41, 5.74) is 0.137. The second-order valence-corrected chi connectivity index (χ2v) is 6.97. The first kappa shape index (κ1) is 20.1. The molecule has 0 aliphatic heterocycles. The Morgan fingerprint density at radius 1 is 1.22 bits per heavy atom. The van der Waals surface area contributed by atoms with E-state index in [0.29, 0.717) is 11.4 Å². The van der Waals surface area contributed by atoms with Crippen molar-refractivity contribution in [2.75, 3.05) is 24.3 Å². The van der Waals surface area contributed by atoms with Crippen molar-refractivity contribution in [3.8, 4) is 5.75 Å². The minimum absolute atomic E-state index is 0.0200. The number of nitro groups is 1. The molecule has 2 aromatic carbocycles. The number of ether oxygens (including phenoxy) is 1. The SMILES string of the molecule is COc1ccccc1NC(=O)CCNc1ccc(S(N)(=O)=O)cc1[N+](=O)[O-]. The maximum atomic E-state index is 12.0. The molecule has 0 saturated carbocycles. The normalized spacial score (nSPS) is 10.9. The summed E-state index contributed by atoms with van der Waals surface area (Å²) in [4.78, 5) is 22.1. The van der Waals surface area contributed by atoms with Crippen molar-refractivity contribution in [1.29, 1.82) is 0 Å². The number of nitrogens with zero attached hydrogens (tertiary/aromatic N) is 1. The van der Waals surface area contributed by atoms with Crippen LogP contribution in [0.15, 0.2) is 47.4 Å². The molecule has 144 valence electrons. The van der Waals surface area contributed by atoms with Gasteiger partial charge in [-0.1, -0.05) is 12.1 Å². The number of rotatable bonds is 8. The van der Waals surface area contributed by atoms with Gasteiger partial charge < -0.3 is 15.4 Å². The molecule has 0 unspecified atom stereocenters. The molecule has 4 N–H and O–H groups in total. The number of primary sulfonamides is 1. The molecule has 2 aromatic rings. The van der Waals surface area contributed by atoms with Crippen LogP contribution >= 0.6 is 0 Å². The zero-order chi connectivity index (χ0) is 20.0. The van der Waals surface area contributed by atoms with Crippen molar-refractivity contribution in [3.05, 3.63) is 52.6 Å². The fraction of sp³-hybridized carbons (Fsp3) is 0.188. The summed E-state index contributed by atoms with van der Waals surface area (Å²) < 4.78 is 27.8. The van der Waals surface area contributed by atoms with E-state index < -0.39 is 20.6 Å². The van der Waals surface area contributed by atoms with E-state index in [1.54, 1.807) is 24.3 Å². The van der Waals surface area contributed by atoms with E-state index in [1.807, 2.05) is 0 Å². The van der Waals surface area contributed by atoms with Crippen LogP contribution in [0.4, 0.5) is 17.1 Å². The Labute approximate surface area is 155 Å². The molecule has 0 aliphatic carbocycles. The maximum absolute atomic E-state index is 12.0. The largest absolute Gasteiger partial charge is 0.495 e. The van der Waals surface area contributed by atoms with Gasteiger partial charge in [0.25, 0.3) is 5.69 Å². The number of hydrogen-bond acceptors (Lipinski definition) is 7. The third-order valence-corrected chi connectivity index (χ3v) is 4.45. The molecule has 0 atom stereocenters. The molecule has 0 heterocycles. The summed E-state index contributed by atoms with van der Waals surface area (Å²) in [7, 11) is -2.58. The fourth-order valence-corrected chi connectivity index (χ4v) is 2.79. The number of hydrogen-bond donors (Lipinski definition) is 3. The number of amides is 1. The highest BCUT2D eigenvalue weighted by atomic mass is 32.2. The van der Waals surface area contributed by atoms with Crippen LogP contribution in [-0.4, -0.2) is 32.9 Å². The Morgan fingerprint density at radius 3 is 2.56 bits per heavy atom. The number of methoxy groups -OCH3 is 1. The third kappa shape index (κ3) is 5.39. The van der Waals surface area contributed by atoms with Crippen molar-refractivity contribution in [3.63, 3.8) is 0 Å². The number of para-hydroxylation sites is 2. The lowest BCUT2D eigenvalue weighted by molar-refractivity contribution is -0.384. The van der Waals surface area contributed by atoms with Gasteiger partial charge in [0.05, 0.1) is 22.6 Å². The second kappa shape index (κ2) is 8.47. The van der Waals surface area contributed by atoms with Crippen LogP contribution in [0, 0.1) is 10.1 Å². The smallest absolute Gasteiger partial charge is 0.293 e. The molecule has 0 bridgehead atoms. The van der Waals surface area contributed by atoms with Gasteiger partial charge in [0, 0.05) is 19.0 Å². The average Bonchev–Trinajstić information content (AvgIpc) is 2.61. The molecule has 10 nitrogen and oxygen atoms in total. The van der Waals surface area contributed by atoms with Gasteiger partial charge >= 0.3 is 0 Å². The topological polar surface area (TPSA) is 154 Å². The number of benzene rings is 2. The summed E-state index contributed by atoms with van der Waals surface area (Å²) >= 11 is 0. The minimum Gasteiger partial charge on any atom is -0.495 e. The van der Waals surface area contributed by atoms with Gasteiger partial charge in [0.1, 0.15) is 11.4 Å². The van der Waals surface area contributed by atoms with Crippen LogP contribution in [0.1, 0.15) is 6.42 Å². The number of carbonyl (C=O) groups is 1. The van der Waals surface area contributed by atoms with E-state index in [-0.39, 0.29) is 29.5 Å². The predicted molar refractivity (Wildman–Crippen MR) is 99.2 cm³/mol. The highest BCUT2D eigenvalue weighted by Crippen LogP contribution is 2.27. The van der Waals surface area contributed by atoms with Crippen molar-refractivity contribution >= 4 is 33.0 Å². The summed E-state index contributed by atoms with van der Waals surface area (Å²) in [6.07, 6.45) is 0.0200. The number of nitrogens with two attached hydrogens (primary N) is 1. The lowest BCUT2D eigenvalue weighted by Gasteiger charge is -2.11. The first-order valence-corrected chi connectivity index (χ1v) is 9.25. The lowest BCUT2D eigenvalue weighted by atomic mass is 10.2. The van der Waals surface area contributed by atoms with Crippen molar-refractivity contribution in [1.82, 2.24) is 0 Å². The van der Waals surface area contributed by atoms with E-state index in [2.05, 4.69) is 10.6 Å². The van der Waals surface area contributed by atoms with Gasteiger partial charge in [-0.15, -0.1) is 0 Å². The quantitative estimate of drug-likeness (QED) is 0.455. The molecule has 2 rings (SSSR count).